The lowest BCUT2D eigenvalue weighted by molar-refractivity contribution is -0.116. The number of benzene rings is 3. The summed E-state index contributed by atoms with van der Waals surface area (Å²) >= 11 is 0. The first-order chi connectivity index (χ1) is 16.3. The maximum Gasteiger partial charge on any atom is 0.338 e. The van der Waals surface area contributed by atoms with Crippen LogP contribution in [-0.2, 0) is 26.1 Å². The van der Waals surface area contributed by atoms with Gasteiger partial charge in [-0.25, -0.2) is 13.2 Å². The Bertz CT molecular complexity index is 1210. The van der Waals surface area contributed by atoms with E-state index in [9.17, 15) is 18.0 Å². The summed E-state index contributed by atoms with van der Waals surface area (Å²) in [6, 6.07) is 21.2. The van der Waals surface area contributed by atoms with Crippen LogP contribution in [0.2, 0.25) is 0 Å². The molecule has 0 bridgehead atoms. The number of carbonyl (C=O) groups excluding carboxylic acids is 2. The van der Waals surface area contributed by atoms with E-state index in [2.05, 4.69) is 5.32 Å². The third-order valence-electron chi connectivity index (χ3n) is 4.90. The molecule has 0 saturated heterocycles. The fourth-order valence-corrected chi connectivity index (χ4v) is 4.56. The number of sulfonamides is 1. The summed E-state index contributed by atoms with van der Waals surface area (Å²) in [6.45, 7) is 1.60. The minimum absolute atomic E-state index is 0.0183. The fraction of sp³-hybridized carbons (Fsp3) is 0.200. The average molecular weight is 483 g/mol. The molecule has 0 aromatic heterocycles. The maximum atomic E-state index is 13.4. The Kier molecular flexibility index (Phi) is 8.39. The first-order valence-electron chi connectivity index (χ1n) is 10.6. The highest BCUT2D eigenvalue weighted by Gasteiger charge is 2.27. The van der Waals surface area contributed by atoms with Crippen molar-refractivity contribution in [3.05, 3.63) is 90.0 Å². The fourth-order valence-electron chi connectivity index (χ4n) is 3.17. The molecule has 3 aromatic rings. The molecule has 0 aliphatic heterocycles. The van der Waals surface area contributed by atoms with Gasteiger partial charge >= 0.3 is 5.97 Å². The zero-order chi connectivity index (χ0) is 24.6. The Morgan fingerprint density at radius 2 is 1.56 bits per heavy atom. The van der Waals surface area contributed by atoms with Crippen molar-refractivity contribution in [2.24, 2.45) is 0 Å². The van der Waals surface area contributed by atoms with Crippen molar-refractivity contribution in [3.63, 3.8) is 0 Å². The second-order valence-electron chi connectivity index (χ2n) is 7.28. The smallest absolute Gasteiger partial charge is 0.338 e. The molecular weight excluding hydrogens is 456 g/mol. The molecule has 1 N–H and O–H groups in total. The van der Waals surface area contributed by atoms with E-state index in [1.807, 2.05) is 6.07 Å². The van der Waals surface area contributed by atoms with E-state index < -0.39 is 28.4 Å². The van der Waals surface area contributed by atoms with E-state index >= 15 is 0 Å². The molecule has 8 nitrogen and oxygen atoms in total. The molecular formula is C25H26N2O6S. The van der Waals surface area contributed by atoms with Crippen molar-refractivity contribution in [2.75, 3.05) is 25.6 Å². The number of anilines is 1. The van der Waals surface area contributed by atoms with Crippen LogP contribution in [0, 0.1) is 0 Å². The molecule has 0 heterocycles. The number of methoxy groups -OCH3 is 1. The van der Waals surface area contributed by atoms with Crippen molar-refractivity contribution >= 4 is 27.6 Å². The summed E-state index contributed by atoms with van der Waals surface area (Å²) in [6.07, 6.45) is 0. The van der Waals surface area contributed by atoms with Gasteiger partial charge in [0, 0.05) is 12.2 Å². The molecule has 3 rings (SSSR count). The van der Waals surface area contributed by atoms with E-state index in [0.717, 1.165) is 9.87 Å². The first-order valence-corrected chi connectivity index (χ1v) is 12.0. The van der Waals surface area contributed by atoms with Crippen molar-refractivity contribution < 1.29 is 27.5 Å². The number of esters is 1. The third-order valence-corrected chi connectivity index (χ3v) is 6.70. The van der Waals surface area contributed by atoms with Crippen LogP contribution in [0.1, 0.15) is 22.8 Å². The lowest BCUT2D eigenvalue weighted by Gasteiger charge is -2.22. The Balaban J connectivity index is 1.79. The summed E-state index contributed by atoms with van der Waals surface area (Å²) in [5, 5.41) is 2.68. The van der Waals surface area contributed by atoms with Crippen LogP contribution in [-0.4, -0.2) is 44.9 Å². The quantitative estimate of drug-likeness (QED) is 0.442. The number of nitrogens with zero attached hydrogens (tertiary/aromatic N) is 1. The molecule has 0 atom stereocenters. The SMILES string of the molecule is CCOC(=O)c1ccc(NC(=O)CN(Cc2ccccc2)S(=O)(=O)c2ccc(OC)cc2)cc1. The van der Waals surface area contributed by atoms with Gasteiger partial charge in [-0.3, -0.25) is 4.79 Å². The second-order valence-corrected chi connectivity index (χ2v) is 9.22. The Hall–Kier alpha value is -3.69. The molecule has 0 unspecified atom stereocenters. The molecule has 0 spiro atoms. The third kappa shape index (κ3) is 6.43. The molecule has 9 heteroatoms. The molecule has 0 radical (unpaired) electrons. The standard InChI is InChI=1S/C25H26N2O6S/c1-3-33-25(29)20-9-11-21(12-10-20)26-24(28)18-27(17-19-7-5-4-6-8-19)34(30,31)23-15-13-22(32-2)14-16-23/h4-16H,3,17-18H2,1-2H3,(H,26,28). The Morgan fingerprint density at radius 1 is 0.912 bits per heavy atom. The van der Waals surface area contributed by atoms with E-state index in [1.165, 1.54) is 31.4 Å². The van der Waals surface area contributed by atoms with Gasteiger partial charge in [-0.05, 0) is 61.0 Å². The summed E-state index contributed by atoms with van der Waals surface area (Å²) in [7, 11) is -2.49. The van der Waals surface area contributed by atoms with E-state index in [1.54, 1.807) is 55.5 Å². The Labute approximate surface area is 199 Å². The Morgan fingerprint density at radius 3 is 2.15 bits per heavy atom. The predicted octanol–water partition coefficient (Wildman–Crippen LogP) is 3.70. The number of rotatable bonds is 10. The van der Waals surface area contributed by atoms with Crippen molar-refractivity contribution in [3.8, 4) is 5.75 Å². The van der Waals surface area contributed by atoms with Gasteiger partial charge in [0.15, 0.2) is 0 Å². The molecule has 34 heavy (non-hydrogen) atoms. The zero-order valence-corrected chi connectivity index (χ0v) is 19.7. The summed E-state index contributed by atoms with van der Waals surface area (Å²) in [5.41, 5.74) is 1.53. The number of carbonyl (C=O) groups is 2. The number of hydrogen-bond donors (Lipinski definition) is 1. The zero-order valence-electron chi connectivity index (χ0n) is 18.9. The number of nitrogens with one attached hydrogen (secondary N) is 1. The van der Waals surface area contributed by atoms with E-state index in [4.69, 9.17) is 9.47 Å². The van der Waals surface area contributed by atoms with Crippen molar-refractivity contribution in [1.82, 2.24) is 4.31 Å². The van der Waals surface area contributed by atoms with Gasteiger partial charge in [-0.2, -0.15) is 4.31 Å². The lowest BCUT2D eigenvalue weighted by atomic mass is 10.2. The van der Waals surface area contributed by atoms with Crippen LogP contribution < -0.4 is 10.1 Å². The lowest BCUT2D eigenvalue weighted by Crippen LogP contribution is -2.37. The van der Waals surface area contributed by atoms with Crippen LogP contribution in [0.4, 0.5) is 5.69 Å². The van der Waals surface area contributed by atoms with Gasteiger partial charge in [-0.1, -0.05) is 30.3 Å². The van der Waals surface area contributed by atoms with Gasteiger partial charge in [0.1, 0.15) is 5.75 Å². The van der Waals surface area contributed by atoms with Gasteiger partial charge in [0.25, 0.3) is 0 Å². The maximum absolute atomic E-state index is 13.4. The van der Waals surface area contributed by atoms with Crippen molar-refractivity contribution in [2.45, 2.75) is 18.4 Å². The first kappa shape index (κ1) is 24.9. The highest BCUT2D eigenvalue weighted by molar-refractivity contribution is 7.89. The largest absolute Gasteiger partial charge is 0.497 e. The van der Waals surface area contributed by atoms with Crippen molar-refractivity contribution in [1.29, 1.82) is 0 Å². The number of ether oxygens (including phenoxy) is 2. The average Bonchev–Trinajstić information content (AvgIpc) is 2.85. The van der Waals surface area contributed by atoms with Crippen LogP contribution in [0.15, 0.2) is 83.8 Å². The van der Waals surface area contributed by atoms with Crippen LogP contribution >= 0.6 is 0 Å². The monoisotopic (exact) mass is 482 g/mol. The molecule has 3 aromatic carbocycles. The molecule has 0 aliphatic carbocycles. The number of hydrogen-bond acceptors (Lipinski definition) is 6. The van der Waals surface area contributed by atoms with E-state index in [-0.39, 0.29) is 18.0 Å². The predicted molar refractivity (Wildman–Crippen MR) is 128 cm³/mol. The summed E-state index contributed by atoms with van der Waals surface area (Å²) in [4.78, 5) is 24.6. The minimum Gasteiger partial charge on any atom is -0.497 e. The highest BCUT2D eigenvalue weighted by Crippen LogP contribution is 2.21. The van der Waals surface area contributed by atoms with Gasteiger partial charge in [0.2, 0.25) is 15.9 Å². The normalized spacial score (nSPS) is 11.1. The molecule has 0 fully saturated rings. The van der Waals surface area contributed by atoms with Gasteiger partial charge < -0.3 is 14.8 Å². The van der Waals surface area contributed by atoms with Crippen LogP contribution in [0.5, 0.6) is 5.75 Å². The molecule has 178 valence electrons. The van der Waals surface area contributed by atoms with Crippen LogP contribution in [0.3, 0.4) is 0 Å². The molecule has 0 saturated carbocycles. The second kappa shape index (κ2) is 11.4. The molecule has 0 aliphatic rings. The van der Waals surface area contributed by atoms with Crippen LogP contribution in [0.25, 0.3) is 0 Å². The summed E-state index contributed by atoms with van der Waals surface area (Å²) in [5.74, 6) is -0.450. The van der Waals surface area contributed by atoms with Gasteiger partial charge in [-0.15, -0.1) is 0 Å². The topological polar surface area (TPSA) is 102 Å². The summed E-state index contributed by atoms with van der Waals surface area (Å²) < 4.78 is 37.9. The minimum atomic E-state index is -3.98. The van der Waals surface area contributed by atoms with E-state index in [0.29, 0.717) is 17.0 Å². The van der Waals surface area contributed by atoms with Gasteiger partial charge in [0.05, 0.1) is 30.7 Å². The highest BCUT2D eigenvalue weighted by atomic mass is 32.2. The number of amides is 1. The molecule has 1 amide bonds.